The zero-order valence-corrected chi connectivity index (χ0v) is 29.4. The number of nitro benzene ring substituents is 4. The van der Waals surface area contributed by atoms with Gasteiger partial charge in [-0.05, 0) is 37.8 Å². The molecule has 263 valence electrons. The summed E-state index contributed by atoms with van der Waals surface area (Å²) < 4.78 is -0.750. The van der Waals surface area contributed by atoms with Crippen molar-refractivity contribution < 1.29 is 24.5 Å². The molecule has 0 heterocycles. The predicted octanol–water partition coefficient (Wildman–Crippen LogP) is 5.87. The number of hydrogen-bond donors (Lipinski definition) is 0. The lowest BCUT2D eigenvalue weighted by atomic mass is 9.40. The summed E-state index contributed by atoms with van der Waals surface area (Å²) in [6.45, 7) is 16.1. The summed E-state index contributed by atoms with van der Waals surface area (Å²) in [5.41, 5.74) is -2.49. The van der Waals surface area contributed by atoms with Crippen LogP contribution in [0.5, 0.6) is 0 Å². The molecule has 0 fully saturated rings. The average molecular weight is 759 g/mol. The van der Waals surface area contributed by atoms with E-state index in [4.69, 9.17) is 57.2 Å². The number of alkyl halides is 3. The normalized spacial score (nSPS) is 8.47. The third-order valence-corrected chi connectivity index (χ3v) is 5.00. The fourth-order valence-electron chi connectivity index (χ4n) is 2.78. The van der Waals surface area contributed by atoms with Crippen molar-refractivity contribution >= 4 is 92.4 Å². The maximum atomic E-state index is 10.7. The van der Waals surface area contributed by atoms with Crippen LogP contribution in [-0.2, 0) is 0 Å². The topological polar surface area (TPSA) is 269 Å². The maximum absolute atomic E-state index is 10.7. The summed E-state index contributed by atoms with van der Waals surface area (Å²) in [7, 11) is 10.0. The molecule has 0 aliphatic carbocycles. The Morgan fingerprint density at radius 1 is 0.843 bits per heavy atom. The molecule has 0 aliphatic rings. The highest BCUT2D eigenvalue weighted by atomic mass is 35.6. The first-order valence-electron chi connectivity index (χ1n) is 13.4. The van der Waals surface area contributed by atoms with Crippen molar-refractivity contribution in [2.24, 2.45) is 0 Å². The largest absolute Gasteiger partial charge is 0.304 e. The zero-order chi connectivity index (χ0) is 40.5. The van der Waals surface area contributed by atoms with Crippen molar-refractivity contribution in [2.75, 3.05) is 26.2 Å². The number of hydrogen-bond acceptors (Lipinski definition) is 13. The number of non-ortho nitro benzene ring substituents is 2. The van der Waals surface area contributed by atoms with Crippen LogP contribution in [0.15, 0.2) is 42.0 Å². The van der Waals surface area contributed by atoms with Crippen LogP contribution in [0.1, 0.15) is 36.7 Å². The van der Waals surface area contributed by atoms with E-state index >= 15 is 0 Å². The number of nitriles is 3. The summed E-state index contributed by atoms with van der Waals surface area (Å²) in [5.74, 6) is 0. The maximum Gasteiger partial charge on any atom is 0.298 e. The predicted molar refractivity (Wildman–Crippen MR) is 193 cm³/mol. The summed E-state index contributed by atoms with van der Waals surface area (Å²) in [5, 5.41) is 66.6. The smallest absolute Gasteiger partial charge is 0.298 e. The Hall–Kier alpha value is -5.57. The van der Waals surface area contributed by atoms with Gasteiger partial charge in [0.05, 0.1) is 43.0 Å². The van der Waals surface area contributed by atoms with Crippen molar-refractivity contribution in [1.82, 2.24) is 4.90 Å². The van der Waals surface area contributed by atoms with Gasteiger partial charge in [0.2, 0.25) is 0 Å². The van der Waals surface area contributed by atoms with Crippen molar-refractivity contribution in [2.45, 2.75) is 25.1 Å². The fourth-order valence-corrected chi connectivity index (χ4v) is 2.78. The first-order valence-corrected chi connectivity index (χ1v) is 14.7. The van der Waals surface area contributed by atoms with Gasteiger partial charge in [0.25, 0.3) is 29.3 Å². The second-order valence-corrected chi connectivity index (χ2v) is 9.93. The molecular formula is C27H26B3Cl3N9O9. The van der Waals surface area contributed by atoms with Gasteiger partial charge < -0.3 is 9.74 Å². The first-order chi connectivity index (χ1) is 24.0. The van der Waals surface area contributed by atoms with E-state index in [1.54, 1.807) is 18.2 Å². The van der Waals surface area contributed by atoms with Gasteiger partial charge >= 0.3 is 0 Å². The molecule has 0 spiro atoms. The molecule has 0 atom stereocenters. The molecule has 5 radical (unpaired) electrons. The van der Waals surface area contributed by atoms with E-state index in [-0.39, 0.29) is 29.5 Å². The highest BCUT2D eigenvalue weighted by molar-refractivity contribution is 7.17. The molecule has 24 heteroatoms. The van der Waals surface area contributed by atoms with Crippen LogP contribution < -0.4 is 0 Å². The third kappa shape index (κ3) is 27.0. The van der Waals surface area contributed by atoms with E-state index in [2.05, 4.69) is 46.0 Å². The highest BCUT2D eigenvalue weighted by Crippen LogP contribution is 2.26. The van der Waals surface area contributed by atoms with Crippen LogP contribution >= 0.6 is 34.8 Å². The number of carbonyl (C=O) groups is 1. The molecule has 0 aliphatic heterocycles. The molecule has 0 saturated heterocycles. The molecule has 18 nitrogen and oxygen atoms in total. The van der Waals surface area contributed by atoms with Crippen LogP contribution in [0.25, 0.3) is 10.9 Å². The molecular weight excluding hydrogens is 733 g/mol. The molecule has 0 N–H and O–H groups in total. The lowest BCUT2D eigenvalue weighted by Crippen LogP contribution is -2.21. The number of rotatable bonds is 9. The van der Waals surface area contributed by atoms with Crippen LogP contribution in [-0.4, -0.2) is 83.9 Å². The molecule has 0 amide bonds. The summed E-state index contributed by atoms with van der Waals surface area (Å²) >= 11 is 14.4. The second kappa shape index (κ2) is 33.0. The molecule has 0 aromatic heterocycles. The molecule has 0 saturated carbocycles. The monoisotopic (exact) mass is 758 g/mol. The van der Waals surface area contributed by atoms with Crippen LogP contribution in [0.3, 0.4) is 0 Å². The second-order valence-electron chi connectivity index (χ2n) is 7.95. The molecule has 0 bridgehead atoms. The van der Waals surface area contributed by atoms with E-state index in [0.29, 0.717) is 0 Å². The number of carbonyl (C=O) groups excluding carboxylic acids is 1. The first kappa shape index (κ1) is 52.3. The van der Waals surface area contributed by atoms with Gasteiger partial charge in [0, 0.05) is 34.7 Å². The minimum absolute atomic E-state index is 0.0139. The van der Waals surface area contributed by atoms with Crippen LogP contribution in [0.2, 0.25) is 0 Å². The van der Waals surface area contributed by atoms with E-state index in [0.717, 1.165) is 49.5 Å². The van der Waals surface area contributed by atoms with Gasteiger partial charge in [-0.25, -0.2) is 6.57 Å². The molecule has 2 rings (SSSR count). The Morgan fingerprint density at radius 2 is 1.20 bits per heavy atom. The standard InChI is InChI=1S/C10H4N4O4.C7H4N2O5.C6H15N.C3H2N2.CHCl3.B3/c11-5-7(6-12)3-8-1-2-9(13(15)16)4-10(8)14(17)18;10-4-5-1-2-6(8(11)12)3-7(5)9(13)14;1-4-7(5-2)6-3;1-5-3-2-4;2-1(3)4;1-3-2/h1-4H;1-4H;4-6H2,1-3H3;3H2;1H;. The Kier molecular flexibility index (Phi) is 33.8. The lowest BCUT2D eigenvalue weighted by molar-refractivity contribution is -0.394. The third-order valence-electron chi connectivity index (χ3n) is 5.00. The van der Waals surface area contributed by atoms with Gasteiger partial charge in [-0.3, -0.25) is 45.3 Å². The minimum Gasteiger partial charge on any atom is -0.304 e. The van der Waals surface area contributed by atoms with E-state index < -0.39 is 46.7 Å². The van der Waals surface area contributed by atoms with Gasteiger partial charge in [0.15, 0.2) is 10.6 Å². The summed E-state index contributed by atoms with van der Waals surface area (Å²) in [6.07, 6.45) is 1.28. The zero-order valence-electron chi connectivity index (χ0n) is 27.1. The van der Waals surface area contributed by atoms with Gasteiger partial charge in [-0.15, -0.1) is 0 Å². The number of nitrogens with zero attached hydrogens (tertiary/aromatic N) is 9. The van der Waals surface area contributed by atoms with Gasteiger partial charge in [-0.1, -0.05) is 55.6 Å². The number of allylic oxidation sites excluding steroid dienone is 1. The highest BCUT2D eigenvalue weighted by Gasteiger charge is 2.19. The van der Waals surface area contributed by atoms with Crippen molar-refractivity contribution in [3.8, 4) is 18.2 Å². The van der Waals surface area contributed by atoms with Crippen LogP contribution in [0.4, 0.5) is 22.7 Å². The minimum atomic E-state index is -0.837. The average Bonchev–Trinajstić information content (AvgIpc) is 3.08. The Bertz CT molecular complexity index is 1600. The summed E-state index contributed by atoms with van der Waals surface area (Å²) in [6, 6.07) is 10.5. The van der Waals surface area contributed by atoms with Gasteiger partial charge in [0.1, 0.15) is 23.8 Å². The van der Waals surface area contributed by atoms with Crippen molar-refractivity contribution in [3.63, 3.8) is 0 Å². The van der Waals surface area contributed by atoms with Crippen molar-refractivity contribution in [3.05, 3.63) is 105 Å². The Morgan fingerprint density at radius 3 is 1.41 bits per heavy atom. The number of nitro groups is 4. The molecule has 2 aromatic carbocycles. The summed E-state index contributed by atoms with van der Waals surface area (Å²) in [4.78, 5) is 54.2. The molecule has 2 aromatic rings. The number of halogens is 3. The van der Waals surface area contributed by atoms with E-state index in [1.165, 1.54) is 19.6 Å². The van der Waals surface area contributed by atoms with Gasteiger partial charge in [-0.2, -0.15) is 15.8 Å². The quantitative estimate of drug-likeness (QED) is 0.0423. The van der Waals surface area contributed by atoms with Crippen molar-refractivity contribution in [1.29, 1.82) is 15.8 Å². The number of aldehydes is 1. The molecule has 0 unspecified atom stereocenters. The van der Waals surface area contributed by atoms with E-state index in [1.807, 2.05) is 0 Å². The SMILES string of the molecule is CCN(CC)CC.ClC(Cl)Cl.N#CC(C#N)=Cc1ccc([N+](=O)[O-])cc1[N+](=O)[O-].O=Cc1ccc([N+](=O)[O-])cc1[N+](=O)[O-].[B][B][B].[C-]#[N+]CC#N. The fraction of sp³-hybridized carbons (Fsp3) is 0.296. The lowest BCUT2D eigenvalue weighted by Gasteiger charge is -2.13. The Balaban J connectivity index is -0.000000294. The molecule has 51 heavy (non-hydrogen) atoms. The van der Waals surface area contributed by atoms with Crippen LogP contribution in [0, 0.1) is 81.0 Å². The van der Waals surface area contributed by atoms with E-state index in [9.17, 15) is 45.3 Å². The Labute approximate surface area is 311 Å². The number of benzene rings is 2.